The maximum Gasteiger partial charge on any atom is 0.274 e. The minimum atomic E-state index is -0.0850. The van der Waals surface area contributed by atoms with Crippen molar-refractivity contribution in [1.82, 2.24) is 34.4 Å². The molecule has 1 fully saturated rings. The third-order valence-electron chi connectivity index (χ3n) is 4.88. The van der Waals surface area contributed by atoms with Gasteiger partial charge in [-0.2, -0.15) is 0 Å². The lowest BCUT2D eigenvalue weighted by molar-refractivity contribution is 0.0699. The van der Waals surface area contributed by atoms with E-state index in [4.69, 9.17) is 0 Å². The Morgan fingerprint density at radius 3 is 2.70 bits per heavy atom. The Bertz CT molecular complexity index is 951. The number of carbonyl (C=O) groups excluding carboxylic acids is 1. The Morgan fingerprint density at radius 1 is 1.11 bits per heavy atom. The number of aromatic nitrogens is 6. The van der Waals surface area contributed by atoms with Crippen LogP contribution in [0.2, 0.25) is 0 Å². The second-order valence-electron chi connectivity index (χ2n) is 6.81. The number of carbonyl (C=O) groups is 1. The minimum absolute atomic E-state index is 0.0850. The van der Waals surface area contributed by atoms with E-state index in [1.807, 2.05) is 23.4 Å². The summed E-state index contributed by atoms with van der Waals surface area (Å²) in [5, 5.41) is 0. The first-order valence-electron chi connectivity index (χ1n) is 8.99. The van der Waals surface area contributed by atoms with Crippen molar-refractivity contribution in [3.63, 3.8) is 0 Å². The van der Waals surface area contributed by atoms with Gasteiger partial charge in [-0.1, -0.05) is 0 Å². The number of likely N-dealkylation sites (tertiary alicyclic amines) is 1. The number of piperidine rings is 1. The molecule has 1 atom stereocenters. The number of aryl methyl sites for hydroxylation is 2. The van der Waals surface area contributed by atoms with Crippen molar-refractivity contribution < 1.29 is 4.79 Å². The molecule has 0 spiro atoms. The summed E-state index contributed by atoms with van der Waals surface area (Å²) in [4.78, 5) is 36.4. The highest BCUT2D eigenvalue weighted by atomic mass is 16.2. The smallest absolute Gasteiger partial charge is 0.274 e. The van der Waals surface area contributed by atoms with Crippen LogP contribution in [0.1, 0.15) is 40.6 Å². The van der Waals surface area contributed by atoms with Gasteiger partial charge < -0.3 is 9.47 Å². The summed E-state index contributed by atoms with van der Waals surface area (Å²) < 4.78 is 1.93. The van der Waals surface area contributed by atoms with Crippen LogP contribution in [0, 0.1) is 6.92 Å². The molecule has 0 aliphatic carbocycles. The van der Waals surface area contributed by atoms with E-state index in [2.05, 4.69) is 24.9 Å². The SMILES string of the molecule is Cc1cnc(C(=O)N2CCC[C@H](c3nccnc3-c3cncn3C)C2)cn1. The summed E-state index contributed by atoms with van der Waals surface area (Å²) in [5.41, 5.74) is 3.84. The molecule has 27 heavy (non-hydrogen) atoms. The maximum absolute atomic E-state index is 12.8. The minimum Gasteiger partial charge on any atom is -0.337 e. The molecule has 0 aromatic carbocycles. The van der Waals surface area contributed by atoms with E-state index in [-0.39, 0.29) is 11.8 Å². The zero-order valence-corrected chi connectivity index (χ0v) is 15.4. The van der Waals surface area contributed by atoms with Gasteiger partial charge in [0.1, 0.15) is 11.4 Å². The summed E-state index contributed by atoms with van der Waals surface area (Å²) in [6, 6.07) is 0. The monoisotopic (exact) mass is 363 g/mol. The van der Waals surface area contributed by atoms with Gasteiger partial charge in [0.25, 0.3) is 5.91 Å². The van der Waals surface area contributed by atoms with Gasteiger partial charge in [0.15, 0.2) is 0 Å². The third-order valence-corrected chi connectivity index (χ3v) is 4.88. The summed E-state index contributed by atoms with van der Waals surface area (Å²) in [5.74, 6) is 0.0397. The Labute approximate surface area is 157 Å². The van der Waals surface area contributed by atoms with Crippen LogP contribution in [0.4, 0.5) is 0 Å². The first-order valence-corrected chi connectivity index (χ1v) is 8.99. The van der Waals surface area contributed by atoms with Gasteiger partial charge in [-0.25, -0.2) is 9.97 Å². The topological polar surface area (TPSA) is 89.7 Å². The third kappa shape index (κ3) is 3.42. The lowest BCUT2D eigenvalue weighted by Crippen LogP contribution is -2.40. The van der Waals surface area contributed by atoms with Crippen molar-refractivity contribution in [2.75, 3.05) is 13.1 Å². The highest BCUT2D eigenvalue weighted by molar-refractivity contribution is 5.92. The second kappa shape index (κ2) is 7.22. The number of nitrogens with zero attached hydrogens (tertiary/aromatic N) is 7. The van der Waals surface area contributed by atoms with Gasteiger partial charge >= 0.3 is 0 Å². The van der Waals surface area contributed by atoms with Gasteiger partial charge in [-0.15, -0.1) is 0 Å². The van der Waals surface area contributed by atoms with Crippen LogP contribution in [0.15, 0.2) is 37.3 Å². The normalized spacial score (nSPS) is 17.1. The fraction of sp³-hybridized carbons (Fsp3) is 0.368. The molecule has 138 valence electrons. The van der Waals surface area contributed by atoms with E-state index < -0.39 is 0 Å². The molecule has 1 aliphatic heterocycles. The molecule has 0 bridgehead atoms. The largest absolute Gasteiger partial charge is 0.337 e. The predicted molar refractivity (Wildman–Crippen MR) is 98.9 cm³/mol. The van der Waals surface area contributed by atoms with Crippen molar-refractivity contribution in [3.05, 3.63) is 54.4 Å². The maximum atomic E-state index is 12.8. The van der Waals surface area contributed by atoms with Gasteiger partial charge in [-0.3, -0.25) is 19.7 Å². The lowest BCUT2D eigenvalue weighted by atomic mass is 9.92. The van der Waals surface area contributed by atoms with Gasteiger partial charge in [0, 0.05) is 44.6 Å². The highest BCUT2D eigenvalue weighted by Crippen LogP contribution is 2.31. The lowest BCUT2D eigenvalue weighted by Gasteiger charge is -2.32. The van der Waals surface area contributed by atoms with E-state index in [1.165, 1.54) is 0 Å². The molecular weight excluding hydrogens is 342 g/mol. The molecule has 1 saturated heterocycles. The molecule has 4 rings (SSSR count). The van der Waals surface area contributed by atoms with Crippen molar-refractivity contribution in [3.8, 4) is 11.4 Å². The Kier molecular flexibility index (Phi) is 4.62. The Morgan fingerprint density at radius 2 is 1.96 bits per heavy atom. The summed E-state index contributed by atoms with van der Waals surface area (Å²) in [7, 11) is 1.94. The second-order valence-corrected chi connectivity index (χ2v) is 6.81. The molecule has 0 unspecified atom stereocenters. The van der Waals surface area contributed by atoms with Crippen LogP contribution < -0.4 is 0 Å². The summed E-state index contributed by atoms with van der Waals surface area (Å²) in [6.45, 7) is 3.16. The standard InChI is InChI=1S/C19H21N7O/c1-13-8-24-15(9-23-13)19(27)26-7-3-4-14(11-26)17-18(22-6-5-21-17)16-10-20-12-25(16)2/h5-6,8-10,12,14H,3-4,7,11H2,1-2H3/t14-/m0/s1. The van der Waals surface area contributed by atoms with E-state index in [0.717, 1.165) is 35.6 Å². The molecule has 3 aromatic heterocycles. The fourth-order valence-electron chi connectivity index (χ4n) is 3.48. The quantitative estimate of drug-likeness (QED) is 0.707. The first-order chi connectivity index (χ1) is 13.1. The molecule has 0 N–H and O–H groups in total. The molecule has 0 saturated carbocycles. The molecule has 0 radical (unpaired) electrons. The summed E-state index contributed by atoms with van der Waals surface area (Å²) >= 11 is 0. The Hall–Kier alpha value is -3.16. The van der Waals surface area contributed by atoms with Crippen molar-refractivity contribution in [2.45, 2.75) is 25.7 Å². The zero-order chi connectivity index (χ0) is 18.8. The molecule has 3 aromatic rings. The molecule has 1 aliphatic rings. The molecule has 4 heterocycles. The van der Waals surface area contributed by atoms with Gasteiger partial charge in [0.2, 0.25) is 0 Å². The van der Waals surface area contributed by atoms with E-state index in [0.29, 0.717) is 18.8 Å². The fourth-order valence-corrected chi connectivity index (χ4v) is 3.48. The van der Waals surface area contributed by atoms with E-state index >= 15 is 0 Å². The zero-order valence-electron chi connectivity index (χ0n) is 15.4. The van der Waals surface area contributed by atoms with Gasteiger partial charge in [0.05, 0.1) is 35.8 Å². The average molecular weight is 363 g/mol. The van der Waals surface area contributed by atoms with Crippen LogP contribution in [-0.2, 0) is 7.05 Å². The van der Waals surface area contributed by atoms with Crippen LogP contribution in [0.5, 0.6) is 0 Å². The van der Waals surface area contributed by atoms with Crippen molar-refractivity contribution >= 4 is 5.91 Å². The predicted octanol–water partition coefficient (Wildman–Crippen LogP) is 2.00. The number of rotatable bonds is 3. The first kappa shape index (κ1) is 17.3. The number of hydrogen-bond donors (Lipinski definition) is 0. The molecular formula is C19H21N7O. The van der Waals surface area contributed by atoms with Crippen molar-refractivity contribution in [1.29, 1.82) is 0 Å². The number of hydrogen-bond acceptors (Lipinski definition) is 6. The highest BCUT2D eigenvalue weighted by Gasteiger charge is 2.29. The van der Waals surface area contributed by atoms with Crippen LogP contribution in [0.3, 0.4) is 0 Å². The van der Waals surface area contributed by atoms with Gasteiger partial charge in [-0.05, 0) is 19.8 Å². The van der Waals surface area contributed by atoms with Crippen LogP contribution >= 0.6 is 0 Å². The number of amides is 1. The average Bonchev–Trinajstić information content (AvgIpc) is 3.14. The molecule has 8 heteroatoms. The molecule has 8 nitrogen and oxygen atoms in total. The van der Waals surface area contributed by atoms with E-state index in [1.54, 1.807) is 37.3 Å². The van der Waals surface area contributed by atoms with Crippen molar-refractivity contribution in [2.24, 2.45) is 7.05 Å². The number of imidazole rings is 1. The summed E-state index contributed by atoms with van der Waals surface area (Å²) in [6.07, 6.45) is 12.0. The van der Waals surface area contributed by atoms with Crippen LogP contribution in [0.25, 0.3) is 11.4 Å². The Balaban J connectivity index is 1.60. The van der Waals surface area contributed by atoms with Crippen LogP contribution in [-0.4, -0.2) is 53.4 Å². The van der Waals surface area contributed by atoms with E-state index in [9.17, 15) is 4.79 Å². The molecule has 1 amide bonds.